The Balaban J connectivity index is 1.36. The summed E-state index contributed by atoms with van der Waals surface area (Å²) < 4.78 is 0. The second-order valence-electron chi connectivity index (χ2n) is 9.49. The SMILES string of the molecule is CCCN(CC1CC1)C(=O)[C@@H]1CCCN(c2cccc3c2C(=O)N(Cc2cccs2)C3=O)C1. The minimum atomic E-state index is -0.228. The molecule has 1 aromatic heterocycles. The molecule has 1 saturated heterocycles. The van der Waals surface area contributed by atoms with E-state index in [1.165, 1.54) is 17.7 Å². The maximum absolute atomic E-state index is 13.4. The van der Waals surface area contributed by atoms with Crippen LogP contribution in [0.25, 0.3) is 0 Å². The van der Waals surface area contributed by atoms with Gasteiger partial charge in [-0.1, -0.05) is 19.1 Å². The Kier molecular flexibility index (Phi) is 6.23. The van der Waals surface area contributed by atoms with Crippen LogP contribution in [0.15, 0.2) is 35.7 Å². The highest BCUT2D eigenvalue weighted by atomic mass is 32.1. The Morgan fingerprint density at radius 3 is 2.70 bits per heavy atom. The third-order valence-electron chi connectivity index (χ3n) is 6.96. The fourth-order valence-electron chi connectivity index (χ4n) is 5.11. The zero-order chi connectivity index (χ0) is 22.9. The Labute approximate surface area is 199 Å². The summed E-state index contributed by atoms with van der Waals surface area (Å²) in [7, 11) is 0. The van der Waals surface area contributed by atoms with Gasteiger partial charge in [-0.3, -0.25) is 19.3 Å². The van der Waals surface area contributed by atoms with E-state index in [1.807, 2.05) is 29.6 Å². The van der Waals surface area contributed by atoms with E-state index in [4.69, 9.17) is 0 Å². The summed E-state index contributed by atoms with van der Waals surface area (Å²) in [6, 6.07) is 9.41. The normalized spacial score (nSPS) is 20.3. The molecule has 5 rings (SSSR count). The van der Waals surface area contributed by atoms with Gasteiger partial charge in [-0.05, 0) is 61.6 Å². The minimum Gasteiger partial charge on any atom is -0.370 e. The number of piperidine rings is 1. The molecule has 2 aromatic rings. The van der Waals surface area contributed by atoms with Crippen molar-refractivity contribution in [1.29, 1.82) is 0 Å². The van der Waals surface area contributed by atoms with Gasteiger partial charge in [0.1, 0.15) is 0 Å². The highest BCUT2D eigenvalue weighted by Crippen LogP contribution is 2.36. The van der Waals surface area contributed by atoms with E-state index in [2.05, 4.69) is 16.7 Å². The second kappa shape index (κ2) is 9.29. The molecule has 0 bridgehead atoms. The minimum absolute atomic E-state index is 0.0608. The largest absolute Gasteiger partial charge is 0.370 e. The molecule has 2 fully saturated rings. The molecular weight excluding hydrogens is 434 g/mol. The smallest absolute Gasteiger partial charge is 0.264 e. The van der Waals surface area contributed by atoms with Gasteiger partial charge in [-0.15, -0.1) is 11.3 Å². The first-order chi connectivity index (χ1) is 16.1. The van der Waals surface area contributed by atoms with Crippen molar-refractivity contribution in [3.63, 3.8) is 0 Å². The van der Waals surface area contributed by atoms with Crippen LogP contribution in [-0.2, 0) is 11.3 Å². The topological polar surface area (TPSA) is 60.9 Å². The lowest BCUT2D eigenvalue weighted by Gasteiger charge is -2.37. The van der Waals surface area contributed by atoms with Gasteiger partial charge in [-0.25, -0.2) is 0 Å². The highest BCUT2D eigenvalue weighted by Gasteiger charge is 2.40. The molecule has 33 heavy (non-hydrogen) atoms. The van der Waals surface area contributed by atoms with E-state index >= 15 is 0 Å². The molecule has 0 spiro atoms. The molecule has 0 N–H and O–H groups in total. The number of rotatable bonds is 8. The van der Waals surface area contributed by atoms with Gasteiger partial charge >= 0.3 is 0 Å². The van der Waals surface area contributed by atoms with E-state index in [0.717, 1.165) is 49.5 Å². The summed E-state index contributed by atoms with van der Waals surface area (Å²) >= 11 is 1.54. The third kappa shape index (κ3) is 4.43. The summed E-state index contributed by atoms with van der Waals surface area (Å²) in [5.41, 5.74) is 1.76. The van der Waals surface area contributed by atoms with Gasteiger partial charge in [0, 0.05) is 31.1 Å². The predicted molar refractivity (Wildman–Crippen MR) is 129 cm³/mol. The van der Waals surface area contributed by atoms with Crippen molar-refractivity contribution in [1.82, 2.24) is 9.80 Å². The molecule has 0 radical (unpaired) electrons. The summed E-state index contributed by atoms with van der Waals surface area (Å²) in [4.78, 5) is 46.3. The lowest BCUT2D eigenvalue weighted by molar-refractivity contribution is -0.136. The van der Waals surface area contributed by atoms with E-state index in [9.17, 15) is 14.4 Å². The maximum Gasteiger partial charge on any atom is 0.264 e. The molecule has 3 aliphatic rings. The molecule has 1 atom stereocenters. The van der Waals surface area contributed by atoms with E-state index < -0.39 is 0 Å². The highest BCUT2D eigenvalue weighted by molar-refractivity contribution is 7.09. The zero-order valence-electron chi connectivity index (χ0n) is 19.2. The lowest BCUT2D eigenvalue weighted by Crippen LogP contribution is -2.46. The van der Waals surface area contributed by atoms with Crippen molar-refractivity contribution in [3.8, 4) is 0 Å². The molecule has 2 aliphatic heterocycles. The monoisotopic (exact) mass is 465 g/mol. The van der Waals surface area contributed by atoms with Gasteiger partial charge in [-0.2, -0.15) is 0 Å². The fourth-order valence-corrected chi connectivity index (χ4v) is 5.80. The van der Waals surface area contributed by atoms with Gasteiger partial charge in [0.2, 0.25) is 5.91 Å². The lowest BCUT2D eigenvalue weighted by atomic mass is 9.94. The zero-order valence-corrected chi connectivity index (χ0v) is 20.0. The van der Waals surface area contributed by atoms with Crippen LogP contribution in [0, 0.1) is 11.8 Å². The number of amides is 3. The molecule has 1 saturated carbocycles. The standard InChI is InChI=1S/C26H31N3O3S/c1-2-12-28(15-18-10-11-18)24(30)19-6-4-13-27(16-19)22-9-3-8-21-23(22)26(32)29(25(21)31)17-20-7-5-14-33-20/h3,5,7-9,14,18-19H,2,4,6,10-13,15-17H2,1H3/t19-/m1/s1. The summed E-state index contributed by atoms with van der Waals surface area (Å²) in [6.07, 6.45) is 5.23. The summed E-state index contributed by atoms with van der Waals surface area (Å²) in [5, 5.41) is 1.95. The van der Waals surface area contributed by atoms with E-state index in [1.54, 1.807) is 17.4 Å². The van der Waals surface area contributed by atoms with Crippen molar-refractivity contribution in [2.45, 2.75) is 45.6 Å². The van der Waals surface area contributed by atoms with Gasteiger partial charge in [0.25, 0.3) is 11.8 Å². The van der Waals surface area contributed by atoms with Gasteiger partial charge in [0.05, 0.1) is 29.3 Å². The molecule has 3 amide bonds. The van der Waals surface area contributed by atoms with Crippen LogP contribution in [0.4, 0.5) is 5.69 Å². The molecule has 1 aromatic carbocycles. The molecule has 1 aliphatic carbocycles. The Morgan fingerprint density at radius 1 is 1.12 bits per heavy atom. The summed E-state index contributed by atoms with van der Waals surface area (Å²) in [6.45, 7) is 5.53. The van der Waals surface area contributed by atoms with E-state index in [0.29, 0.717) is 30.1 Å². The Hall–Kier alpha value is -2.67. The Bertz CT molecular complexity index is 1050. The van der Waals surface area contributed by atoms with E-state index in [-0.39, 0.29) is 23.6 Å². The average molecular weight is 466 g/mol. The number of fused-ring (bicyclic) bond motifs is 1. The average Bonchev–Trinajstić information content (AvgIpc) is 3.44. The van der Waals surface area contributed by atoms with Crippen LogP contribution >= 0.6 is 11.3 Å². The number of thiophene rings is 1. The fraction of sp³-hybridized carbons (Fsp3) is 0.500. The van der Waals surface area contributed by atoms with Crippen LogP contribution in [0.5, 0.6) is 0 Å². The van der Waals surface area contributed by atoms with Crippen molar-refractivity contribution in [3.05, 3.63) is 51.7 Å². The first kappa shape index (κ1) is 22.1. The number of hydrogen-bond acceptors (Lipinski definition) is 5. The third-order valence-corrected chi connectivity index (χ3v) is 7.82. The predicted octanol–water partition coefficient (Wildman–Crippen LogP) is 4.41. The van der Waals surface area contributed by atoms with Crippen LogP contribution in [0.3, 0.4) is 0 Å². The number of anilines is 1. The molecule has 0 unspecified atom stereocenters. The van der Waals surface area contributed by atoms with Crippen molar-refractivity contribution in [2.75, 3.05) is 31.1 Å². The van der Waals surface area contributed by atoms with Crippen molar-refractivity contribution >= 4 is 34.7 Å². The number of benzene rings is 1. The van der Waals surface area contributed by atoms with Crippen LogP contribution < -0.4 is 4.90 Å². The molecule has 3 heterocycles. The molecule has 174 valence electrons. The Morgan fingerprint density at radius 2 is 1.97 bits per heavy atom. The van der Waals surface area contributed by atoms with Gasteiger partial charge < -0.3 is 9.80 Å². The molecule has 7 heteroatoms. The van der Waals surface area contributed by atoms with Crippen LogP contribution in [0.2, 0.25) is 0 Å². The van der Waals surface area contributed by atoms with Crippen molar-refractivity contribution in [2.24, 2.45) is 11.8 Å². The van der Waals surface area contributed by atoms with Crippen LogP contribution in [-0.4, -0.2) is 53.7 Å². The quantitative estimate of drug-likeness (QED) is 0.542. The van der Waals surface area contributed by atoms with Crippen molar-refractivity contribution < 1.29 is 14.4 Å². The second-order valence-corrected chi connectivity index (χ2v) is 10.5. The number of hydrogen-bond donors (Lipinski definition) is 0. The molecular formula is C26H31N3O3S. The molecule has 6 nitrogen and oxygen atoms in total. The number of carbonyl (C=O) groups excluding carboxylic acids is 3. The number of imide groups is 1. The summed E-state index contributed by atoms with van der Waals surface area (Å²) in [5.74, 6) is 0.412. The number of carbonyl (C=O) groups is 3. The number of nitrogens with zero attached hydrogens (tertiary/aromatic N) is 3. The maximum atomic E-state index is 13.4. The van der Waals surface area contributed by atoms with Gasteiger partial charge in [0.15, 0.2) is 0 Å². The van der Waals surface area contributed by atoms with Crippen LogP contribution in [0.1, 0.15) is 64.6 Å². The first-order valence-electron chi connectivity index (χ1n) is 12.1. The first-order valence-corrected chi connectivity index (χ1v) is 13.0.